The van der Waals surface area contributed by atoms with Gasteiger partial charge in [-0.3, -0.25) is 0 Å². The van der Waals surface area contributed by atoms with E-state index in [2.05, 4.69) is 44.6 Å². The van der Waals surface area contributed by atoms with E-state index in [4.69, 9.17) is 0 Å². The molecule has 0 heterocycles. The van der Waals surface area contributed by atoms with Crippen LogP contribution in [-0.4, -0.2) is 25.3 Å². The summed E-state index contributed by atoms with van der Waals surface area (Å²) in [4.78, 5) is 2.75. The van der Waals surface area contributed by atoms with Crippen molar-refractivity contribution in [2.45, 2.75) is 123 Å². The molecule has 4 fully saturated rings. The number of hydrogen-bond donors (Lipinski definition) is 2. The molecule has 5 nitrogen and oxygen atoms in total. The van der Waals surface area contributed by atoms with E-state index in [1.54, 1.807) is 12.1 Å². The number of aryl methyl sites for hydroxylation is 1. The number of aliphatic hydroxyl groups excluding tert-OH is 1. The SMILES string of the molecule is Cc1ccc(S(=O)(=O)N/N=C2\CC[C@@]3(C)C(C2)CC(O)C2C3CC[C@]3(C)[C@@H]([C@H](C)CCCC(C)C)CC[C@@H]23)cc1. The Bertz CT molecular complexity index is 1180. The second kappa shape index (κ2) is 11.4. The fourth-order valence-electron chi connectivity index (χ4n) is 10.0. The summed E-state index contributed by atoms with van der Waals surface area (Å²) in [6, 6.07) is 6.88. The average Bonchev–Trinajstić information content (AvgIpc) is 3.25. The zero-order chi connectivity index (χ0) is 28.9. The maximum Gasteiger partial charge on any atom is 0.276 e. The van der Waals surface area contributed by atoms with Gasteiger partial charge in [-0.05, 0) is 123 Å². The highest BCUT2D eigenvalue weighted by molar-refractivity contribution is 7.89. The van der Waals surface area contributed by atoms with E-state index in [-0.39, 0.29) is 16.4 Å². The van der Waals surface area contributed by atoms with E-state index >= 15 is 0 Å². The lowest BCUT2D eigenvalue weighted by Gasteiger charge is -2.62. The second-order valence-corrected chi connectivity index (χ2v) is 16.8. The first-order valence-corrected chi connectivity index (χ1v) is 17.7. The molecule has 224 valence electrons. The Morgan fingerprint density at radius 3 is 2.40 bits per heavy atom. The fraction of sp³-hybridized carbons (Fsp3) is 0.794. The molecule has 0 spiro atoms. The van der Waals surface area contributed by atoms with E-state index in [0.29, 0.717) is 29.1 Å². The monoisotopic (exact) mass is 570 g/mol. The molecule has 0 aliphatic heterocycles. The summed E-state index contributed by atoms with van der Waals surface area (Å²) in [5.41, 5.74) is 2.51. The van der Waals surface area contributed by atoms with Crippen molar-refractivity contribution in [1.82, 2.24) is 4.83 Å². The lowest BCUT2D eigenvalue weighted by Crippen LogP contribution is -2.58. The molecule has 0 radical (unpaired) electrons. The molecule has 0 aromatic heterocycles. The smallest absolute Gasteiger partial charge is 0.276 e. The van der Waals surface area contributed by atoms with Gasteiger partial charge in [0.05, 0.1) is 11.0 Å². The van der Waals surface area contributed by atoms with Crippen LogP contribution in [0.2, 0.25) is 0 Å². The summed E-state index contributed by atoms with van der Waals surface area (Å²) in [5.74, 6) is 4.30. The molecule has 1 aromatic rings. The molecule has 40 heavy (non-hydrogen) atoms. The van der Waals surface area contributed by atoms with Gasteiger partial charge < -0.3 is 5.11 Å². The standard InChI is InChI=1S/C34H54N2O3S/c1-22(2)8-7-9-24(4)28-14-15-29-32-30(17-19-34(28,29)6)33(5)18-16-26(20-25(33)21-31(32)37)35-36-40(38,39)27-12-10-23(3)11-13-27/h10-13,22,24-25,28-32,36-37H,7-9,14-21H2,1-6H3/b35-26+/t24-,25?,28-,29+,30?,31?,32?,33+,34-/m1/s1. The molecule has 0 saturated heterocycles. The van der Waals surface area contributed by atoms with Gasteiger partial charge in [0.15, 0.2) is 0 Å². The van der Waals surface area contributed by atoms with Crippen LogP contribution in [0.3, 0.4) is 0 Å². The molecular formula is C34H54N2O3S. The quantitative estimate of drug-likeness (QED) is 0.314. The molecular weight excluding hydrogens is 516 g/mol. The van der Waals surface area contributed by atoms with Gasteiger partial charge in [-0.25, -0.2) is 4.83 Å². The van der Waals surface area contributed by atoms with E-state index in [1.807, 2.05) is 19.1 Å². The Kier molecular flexibility index (Phi) is 8.54. The highest BCUT2D eigenvalue weighted by Gasteiger charge is 2.62. The van der Waals surface area contributed by atoms with E-state index in [1.165, 1.54) is 44.9 Å². The Balaban J connectivity index is 1.27. The second-order valence-electron chi connectivity index (χ2n) is 15.1. The van der Waals surface area contributed by atoms with Gasteiger partial charge in [0.25, 0.3) is 10.0 Å². The first-order chi connectivity index (χ1) is 18.8. The van der Waals surface area contributed by atoms with Crippen LogP contribution < -0.4 is 4.83 Å². The van der Waals surface area contributed by atoms with Crippen molar-refractivity contribution in [3.63, 3.8) is 0 Å². The molecule has 4 aliphatic carbocycles. The van der Waals surface area contributed by atoms with Crippen LogP contribution in [0.5, 0.6) is 0 Å². The van der Waals surface area contributed by atoms with Crippen molar-refractivity contribution >= 4 is 15.7 Å². The lowest BCUT2D eigenvalue weighted by atomic mass is 9.43. The molecule has 4 unspecified atom stereocenters. The number of nitrogens with zero attached hydrogens (tertiary/aromatic N) is 1. The maximum absolute atomic E-state index is 12.8. The minimum absolute atomic E-state index is 0.195. The third-order valence-corrected chi connectivity index (χ3v) is 13.6. The predicted octanol–water partition coefficient (Wildman–Crippen LogP) is 7.72. The predicted molar refractivity (Wildman–Crippen MR) is 163 cm³/mol. The minimum atomic E-state index is -3.68. The zero-order valence-electron chi connectivity index (χ0n) is 25.8. The molecule has 9 atom stereocenters. The minimum Gasteiger partial charge on any atom is -0.393 e. The number of benzene rings is 1. The summed E-state index contributed by atoms with van der Waals surface area (Å²) < 4.78 is 25.6. The van der Waals surface area contributed by atoms with Crippen LogP contribution in [0, 0.1) is 59.2 Å². The Morgan fingerprint density at radius 2 is 1.70 bits per heavy atom. The van der Waals surface area contributed by atoms with Gasteiger partial charge in [-0.1, -0.05) is 71.6 Å². The molecule has 2 N–H and O–H groups in total. The Labute approximate surface area is 244 Å². The Hall–Kier alpha value is -1.40. The number of fused-ring (bicyclic) bond motifs is 5. The molecule has 0 bridgehead atoms. The van der Waals surface area contributed by atoms with Crippen molar-refractivity contribution in [3.05, 3.63) is 29.8 Å². The number of sulfonamides is 1. The van der Waals surface area contributed by atoms with Crippen molar-refractivity contribution in [2.75, 3.05) is 0 Å². The van der Waals surface area contributed by atoms with Gasteiger partial charge in [-0.2, -0.15) is 13.5 Å². The zero-order valence-corrected chi connectivity index (χ0v) is 26.6. The molecule has 4 aliphatic rings. The first-order valence-electron chi connectivity index (χ1n) is 16.2. The molecule has 4 saturated carbocycles. The van der Waals surface area contributed by atoms with E-state index in [9.17, 15) is 13.5 Å². The van der Waals surface area contributed by atoms with Crippen LogP contribution in [0.25, 0.3) is 0 Å². The fourth-order valence-corrected chi connectivity index (χ4v) is 10.9. The van der Waals surface area contributed by atoms with Gasteiger partial charge in [0.1, 0.15) is 0 Å². The summed E-state index contributed by atoms with van der Waals surface area (Å²) >= 11 is 0. The highest BCUT2D eigenvalue weighted by atomic mass is 32.2. The number of hydrazone groups is 1. The van der Waals surface area contributed by atoms with E-state index < -0.39 is 10.0 Å². The maximum atomic E-state index is 12.8. The van der Waals surface area contributed by atoms with Gasteiger partial charge >= 0.3 is 0 Å². The van der Waals surface area contributed by atoms with Crippen molar-refractivity contribution in [1.29, 1.82) is 0 Å². The summed E-state index contributed by atoms with van der Waals surface area (Å²) in [6.07, 6.45) is 12.4. The third-order valence-electron chi connectivity index (χ3n) is 12.4. The van der Waals surface area contributed by atoms with Crippen LogP contribution >= 0.6 is 0 Å². The van der Waals surface area contributed by atoms with Crippen LogP contribution in [0.4, 0.5) is 0 Å². The number of rotatable bonds is 8. The third kappa shape index (κ3) is 5.53. The van der Waals surface area contributed by atoms with Crippen LogP contribution in [0.1, 0.15) is 111 Å². The number of aliphatic hydroxyl groups is 1. The topological polar surface area (TPSA) is 78.8 Å². The van der Waals surface area contributed by atoms with Gasteiger partial charge in [-0.15, -0.1) is 0 Å². The molecule has 5 rings (SSSR count). The normalized spacial score (nSPS) is 39.5. The molecule has 1 aromatic carbocycles. The van der Waals surface area contributed by atoms with Crippen molar-refractivity contribution in [3.8, 4) is 0 Å². The van der Waals surface area contributed by atoms with Crippen molar-refractivity contribution in [2.24, 2.45) is 57.4 Å². The van der Waals surface area contributed by atoms with Crippen LogP contribution in [-0.2, 0) is 10.0 Å². The Morgan fingerprint density at radius 1 is 1.00 bits per heavy atom. The molecule has 6 heteroatoms. The summed E-state index contributed by atoms with van der Waals surface area (Å²) in [6.45, 7) is 14.2. The summed E-state index contributed by atoms with van der Waals surface area (Å²) in [7, 11) is -3.68. The largest absolute Gasteiger partial charge is 0.393 e. The van der Waals surface area contributed by atoms with Crippen LogP contribution in [0.15, 0.2) is 34.3 Å². The summed E-state index contributed by atoms with van der Waals surface area (Å²) in [5, 5.41) is 16.1. The lowest BCUT2D eigenvalue weighted by molar-refractivity contribution is -0.157. The molecule has 0 amide bonds. The first kappa shape index (κ1) is 30.1. The van der Waals surface area contributed by atoms with E-state index in [0.717, 1.165) is 54.7 Å². The highest BCUT2D eigenvalue weighted by Crippen LogP contribution is 2.68. The number of nitrogens with one attached hydrogen (secondary N) is 1. The van der Waals surface area contributed by atoms with Gasteiger partial charge in [0, 0.05) is 5.71 Å². The number of hydrogen-bond acceptors (Lipinski definition) is 4. The average molecular weight is 571 g/mol. The van der Waals surface area contributed by atoms with Gasteiger partial charge in [0.2, 0.25) is 0 Å². The van der Waals surface area contributed by atoms with Crippen molar-refractivity contribution < 1.29 is 13.5 Å².